The molecule has 0 fully saturated rings. The second kappa shape index (κ2) is 3.44. The number of hydrogen-bond acceptors (Lipinski definition) is 2. The third kappa shape index (κ3) is 1.73. The Morgan fingerprint density at radius 1 is 1.31 bits per heavy atom. The molecule has 0 saturated heterocycles. The number of carbonyl (C=O) groups is 1. The number of imidazole rings is 1. The minimum absolute atomic E-state index is 0.0276. The second-order valence-corrected chi connectivity index (χ2v) is 5.18. The lowest BCUT2D eigenvalue weighted by atomic mass is 9.93. The fourth-order valence-corrected chi connectivity index (χ4v) is 1.72. The largest absolute Gasteiger partial charge is 0.306 e. The summed E-state index contributed by atoms with van der Waals surface area (Å²) in [4.78, 5) is 15.4. The third-order valence-corrected chi connectivity index (χ3v) is 2.66. The fourth-order valence-electron chi connectivity index (χ4n) is 1.72. The highest BCUT2D eigenvalue weighted by atomic mass is 16.1. The lowest BCUT2D eigenvalue weighted by molar-refractivity contribution is 0.112. The zero-order valence-electron chi connectivity index (χ0n) is 10.1. The van der Waals surface area contributed by atoms with Gasteiger partial charge >= 0.3 is 0 Å². The molecule has 0 N–H and O–H groups in total. The highest BCUT2D eigenvalue weighted by molar-refractivity contribution is 5.76. The normalized spacial score (nSPS) is 12.0. The number of aryl methyl sites for hydroxylation is 1. The van der Waals surface area contributed by atoms with Crippen LogP contribution in [0.25, 0.3) is 5.65 Å². The molecule has 0 spiro atoms. The van der Waals surface area contributed by atoms with Gasteiger partial charge in [-0.2, -0.15) is 0 Å². The minimum atomic E-state index is 0.0276. The SMILES string of the molecule is Cc1cc(C=O)cn2cc(C(C)(C)C)nc12. The van der Waals surface area contributed by atoms with Gasteiger partial charge in [0, 0.05) is 23.4 Å². The van der Waals surface area contributed by atoms with E-state index in [1.54, 1.807) is 0 Å². The molecule has 0 aliphatic carbocycles. The molecule has 0 aromatic carbocycles. The van der Waals surface area contributed by atoms with Crippen molar-refractivity contribution in [2.45, 2.75) is 33.1 Å². The molecule has 2 rings (SSSR count). The monoisotopic (exact) mass is 216 g/mol. The van der Waals surface area contributed by atoms with Crippen LogP contribution < -0.4 is 0 Å². The molecular weight excluding hydrogens is 200 g/mol. The zero-order chi connectivity index (χ0) is 11.9. The first kappa shape index (κ1) is 10.9. The molecule has 16 heavy (non-hydrogen) atoms. The summed E-state index contributed by atoms with van der Waals surface area (Å²) in [5.74, 6) is 0. The van der Waals surface area contributed by atoms with Crippen LogP contribution in [-0.4, -0.2) is 15.7 Å². The van der Waals surface area contributed by atoms with Crippen LogP contribution in [0.5, 0.6) is 0 Å². The van der Waals surface area contributed by atoms with E-state index in [1.807, 2.05) is 29.8 Å². The number of pyridine rings is 1. The Morgan fingerprint density at radius 3 is 2.56 bits per heavy atom. The molecule has 0 aliphatic heterocycles. The van der Waals surface area contributed by atoms with Crippen LogP contribution in [0.15, 0.2) is 18.5 Å². The van der Waals surface area contributed by atoms with Crippen LogP contribution in [0.4, 0.5) is 0 Å². The average Bonchev–Trinajstić information content (AvgIpc) is 2.61. The standard InChI is InChI=1S/C13H16N2O/c1-9-5-10(8-16)6-15-7-11(13(2,3)4)14-12(9)15/h5-8H,1-4H3. The van der Waals surface area contributed by atoms with Crippen molar-refractivity contribution in [1.29, 1.82) is 0 Å². The topological polar surface area (TPSA) is 34.4 Å². The molecule has 0 atom stereocenters. The second-order valence-electron chi connectivity index (χ2n) is 5.18. The molecular formula is C13H16N2O. The predicted molar refractivity (Wildman–Crippen MR) is 64.0 cm³/mol. The van der Waals surface area contributed by atoms with E-state index >= 15 is 0 Å². The summed E-state index contributed by atoms with van der Waals surface area (Å²) in [6.07, 6.45) is 4.68. The van der Waals surface area contributed by atoms with Crippen molar-refractivity contribution in [3.05, 3.63) is 35.3 Å². The van der Waals surface area contributed by atoms with E-state index in [0.29, 0.717) is 5.56 Å². The lowest BCUT2D eigenvalue weighted by Gasteiger charge is -2.13. The first-order valence-electron chi connectivity index (χ1n) is 5.37. The van der Waals surface area contributed by atoms with Gasteiger partial charge in [0.1, 0.15) is 5.65 Å². The molecule has 2 aromatic heterocycles. The zero-order valence-corrected chi connectivity index (χ0v) is 10.1. The summed E-state index contributed by atoms with van der Waals surface area (Å²) in [5.41, 5.74) is 3.71. The fraction of sp³-hybridized carbons (Fsp3) is 0.385. The van der Waals surface area contributed by atoms with Gasteiger partial charge in [-0.05, 0) is 18.6 Å². The van der Waals surface area contributed by atoms with E-state index in [4.69, 9.17) is 0 Å². The average molecular weight is 216 g/mol. The molecule has 3 nitrogen and oxygen atoms in total. The molecule has 84 valence electrons. The Labute approximate surface area is 95.1 Å². The number of carbonyl (C=O) groups excluding carboxylic acids is 1. The van der Waals surface area contributed by atoms with Crippen molar-refractivity contribution in [3.63, 3.8) is 0 Å². The first-order chi connectivity index (χ1) is 7.41. The van der Waals surface area contributed by atoms with Gasteiger partial charge in [0.15, 0.2) is 6.29 Å². The quantitative estimate of drug-likeness (QED) is 0.687. The van der Waals surface area contributed by atoms with Gasteiger partial charge in [-0.15, -0.1) is 0 Å². The van der Waals surface area contributed by atoms with Crippen molar-refractivity contribution < 1.29 is 4.79 Å². The molecule has 0 saturated carbocycles. The third-order valence-electron chi connectivity index (χ3n) is 2.66. The predicted octanol–water partition coefficient (Wildman–Crippen LogP) is 2.75. The highest BCUT2D eigenvalue weighted by Gasteiger charge is 2.18. The Morgan fingerprint density at radius 2 is 2.00 bits per heavy atom. The molecule has 0 amide bonds. The maximum Gasteiger partial charge on any atom is 0.151 e. The smallest absolute Gasteiger partial charge is 0.151 e. The van der Waals surface area contributed by atoms with Gasteiger partial charge < -0.3 is 4.40 Å². The van der Waals surface area contributed by atoms with E-state index in [-0.39, 0.29) is 5.41 Å². The van der Waals surface area contributed by atoms with Gasteiger partial charge in [0.25, 0.3) is 0 Å². The van der Waals surface area contributed by atoms with Gasteiger partial charge in [-0.1, -0.05) is 20.8 Å². The molecule has 0 unspecified atom stereocenters. The van der Waals surface area contributed by atoms with E-state index in [9.17, 15) is 4.79 Å². The van der Waals surface area contributed by atoms with Crippen LogP contribution in [0.2, 0.25) is 0 Å². The van der Waals surface area contributed by atoms with E-state index in [1.165, 1.54) is 0 Å². The van der Waals surface area contributed by atoms with Gasteiger partial charge in [-0.25, -0.2) is 4.98 Å². The van der Waals surface area contributed by atoms with Crippen molar-refractivity contribution in [3.8, 4) is 0 Å². The number of hydrogen-bond donors (Lipinski definition) is 0. The number of nitrogens with zero attached hydrogens (tertiary/aromatic N) is 2. The van der Waals surface area contributed by atoms with Crippen molar-refractivity contribution in [2.75, 3.05) is 0 Å². The van der Waals surface area contributed by atoms with Crippen molar-refractivity contribution >= 4 is 11.9 Å². The maximum atomic E-state index is 10.8. The Hall–Kier alpha value is -1.64. The minimum Gasteiger partial charge on any atom is -0.306 e. The molecule has 2 heterocycles. The summed E-state index contributed by atoms with van der Waals surface area (Å²) < 4.78 is 1.93. The van der Waals surface area contributed by atoms with Gasteiger partial charge in [0.2, 0.25) is 0 Å². The number of aromatic nitrogens is 2. The summed E-state index contributed by atoms with van der Waals surface area (Å²) >= 11 is 0. The molecule has 0 bridgehead atoms. The van der Waals surface area contributed by atoms with Crippen molar-refractivity contribution in [2.24, 2.45) is 0 Å². The number of fused-ring (bicyclic) bond motifs is 1. The van der Waals surface area contributed by atoms with E-state index in [0.717, 1.165) is 23.2 Å². The number of rotatable bonds is 1. The van der Waals surface area contributed by atoms with Crippen LogP contribution in [0.3, 0.4) is 0 Å². The van der Waals surface area contributed by atoms with Crippen LogP contribution in [-0.2, 0) is 5.41 Å². The number of aldehydes is 1. The van der Waals surface area contributed by atoms with E-state index in [2.05, 4.69) is 25.8 Å². The van der Waals surface area contributed by atoms with Crippen LogP contribution >= 0.6 is 0 Å². The van der Waals surface area contributed by atoms with Gasteiger partial charge in [-0.3, -0.25) is 4.79 Å². The highest BCUT2D eigenvalue weighted by Crippen LogP contribution is 2.23. The summed E-state index contributed by atoms with van der Waals surface area (Å²) in [6, 6.07) is 1.86. The Kier molecular flexibility index (Phi) is 2.34. The van der Waals surface area contributed by atoms with Crippen molar-refractivity contribution in [1.82, 2.24) is 9.38 Å². The lowest BCUT2D eigenvalue weighted by Crippen LogP contribution is -2.11. The maximum absolute atomic E-state index is 10.8. The molecule has 0 aliphatic rings. The Bertz CT molecular complexity index is 547. The summed E-state index contributed by atoms with van der Waals surface area (Å²) in [5, 5.41) is 0. The van der Waals surface area contributed by atoms with Gasteiger partial charge in [0.05, 0.1) is 5.69 Å². The Balaban J connectivity index is 2.70. The van der Waals surface area contributed by atoms with Crippen LogP contribution in [0.1, 0.15) is 42.4 Å². The molecule has 3 heteroatoms. The summed E-state index contributed by atoms with van der Waals surface area (Å²) in [7, 11) is 0. The van der Waals surface area contributed by atoms with Crippen LogP contribution in [0, 0.1) is 6.92 Å². The molecule has 0 radical (unpaired) electrons. The first-order valence-corrected chi connectivity index (χ1v) is 5.37. The summed E-state index contributed by atoms with van der Waals surface area (Å²) in [6.45, 7) is 8.36. The van der Waals surface area contributed by atoms with E-state index < -0.39 is 0 Å². The molecule has 2 aromatic rings.